The number of ether oxygens (including phenoxy) is 2. The van der Waals surface area contributed by atoms with E-state index in [4.69, 9.17) is 9.47 Å². The van der Waals surface area contributed by atoms with Crippen LogP contribution in [0.5, 0.6) is 11.5 Å². The molecule has 1 saturated carbocycles. The fraction of sp³-hybridized carbons (Fsp3) is 0.226. The number of imide groups is 1. The van der Waals surface area contributed by atoms with Crippen molar-refractivity contribution in [3.05, 3.63) is 96.1 Å². The standard InChI is InChI=1S/C31H26N2O6/c1-18-15-20-16-25(18)28-27(20)29(35)33(30(28)36)22-11-7-19(8-12-22)31(37)38-17-26(34)32-21-9-13-24(14-10-21)39-23-5-3-2-4-6-23/h2-15,20,25,27-28H,16-17H2,1H3,(H,32,34)/t20-,25+,27-,28-/m0/s1. The number of anilines is 2. The van der Waals surface area contributed by atoms with E-state index >= 15 is 0 Å². The van der Waals surface area contributed by atoms with Gasteiger partial charge in [0.05, 0.1) is 23.1 Å². The summed E-state index contributed by atoms with van der Waals surface area (Å²) in [5.41, 5.74) is 2.38. The van der Waals surface area contributed by atoms with Gasteiger partial charge in [-0.15, -0.1) is 0 Å². The van der Waals surface area contributed by atoms with E-state index in [-0.39, 0.29) is 41.0 Å². The van der Waals surface area contributed by atoms with Gasteiger partial charge in [-0.2, -0.15) is 0 Å². The van der Waals surface area contributed by atoms with Crippen molar-refractivity contribution in [3.63, 3.8) is 0 Å². The molecule has 3 aromatic carbocycles. The Kier molecular flexibility index (Phi) is 6.23. The van der Waals surface area contributed by atoms with E-state index in [1.165, 1.54) is 22.6 Å². The Bertz CT molecular complexity index is 1480. The molecule has 0 spiro atoms. The first-order chi connectivity index (χ1) is 18.9. The first kappa shape index (κ1) is 24.6. The zero-order valence-electron chi connectivity index (χ0n) is 21.2. The largest absolute Gasteiger partial charge is 0.457 e. The maximum atomic E-state index is 13.1. The van der Waals surface area contributed by atoms with Crippen LogP contribution in [-0.4, -0.2) is 30.3 Å². The number of hydrogen-bond donors (Lipinski definition) is 1. The summed E-state index contributed by atoms with van der Waals surface area (Å²) in [6.45, 7) is 1.56. The molecule has 1 N–H and O–H groups in total. The van der Waals surface area contributed by atoms with Crippen LogP contribution in [0.4, 0.5) is 11.4 Å². The average molecular weight is 523 g/mol. The second-order valence-corrected chi connectivity index (χ2v) is 10.1. The van der Waals surface area contributed by atoms with Crippen molar-refractivity contribution in [2.45, 2.75) is 13.3 Å². The van der Waals surface area contributed by atoms with Crippen molar-refractivity contribution < 1.29 is 28.7 Å². The molecule has 3 aliphatic rings. The van der Waals surface area contributed by atoms with Gasteiger partial charge in [0.25, 0.3) is 5.91 Å². The quantitative estimate of drug-likeness (QED) is 0.267. The van der Waals surface area contributed by atoms with Crippen molar-refractivity contribution in [2.75, 3.05) is 16.8 Å². The highest BCUT2D eigenvalue weighted by atomic mass is 16.5. The average Bonchev–Trinajstić information content (AvgIpc) is 3.59. The molecule has 3 amide bonds. The molecule has 39 heavy (non-hydrogen) atoms. The Morgan fingerprint density at radius 3 is 2.26 bits per heavy atom. The lowest BCUT2D eigenvalue weighted by atomic mass is 9.82. The molecule has 3 aromatic rings. The van der Waals surface area contributed by atoms with E-state index in [2.05, 4.69) is 11.4 Å². The van der Waals surface area contributed by atoms with Gasteiger partial charge in [0, 0.05) is 5.69 Å². The number of allylic oxidation sites excluding steroid dienone is 2. The van der Waals surface area contributed by atoms with Crippen LogP contribution in [0.2, 0.25) is 0 Å². The third kappa shape index (κ3) is 4.58. The van der Waals surface area contributed by atoms with Gasteiger partial charge in [0.15, 0.2) is 6.61 Å². The van der Waals surface area contributed by atoms with Crippen LogP contribution in [0, 0.1) is 23.7 Å². The Morgan fingerprint density at radius 1 is 0.872 bits per heavy atom. The zero-order valence-corrected chi connectivity index (χ0v) is 21.2. The van der Waals surface area contributed by atoms with Crippen LogP contribution in [0.3, 0.4) is 0 Å². The highest BCUT2D eigenvalue weighted by Crippen LogP contribution is 2.55. The summed E-state index contributed by atoms with van der Waals surface area (Å²) in [6, 6.07) is 22.3. The van der Waals surface area contributed by atoms with Gasteiger partial charge in [0.1, 0.15) is 11.5 Å². The van der Waals surface area contributed by atoms with Crippen molar-refractivity contribution in [1.82, 2.24) is 0 Å². The normalized spacial score (nSPS) is 22.9. The van der Waals surface area contributed by atoms with Crippen LogP contribution in [0.15, 0.2) is 90.5 Å². The molecule has 0 radical (unpaired) electrons. The molecule has 0 aromatic heterocycles. The number of fused-ring (bicyclic) bond motifs is 5. The third-order valence-electron chi connectivity index (χ3n) is 7.69. The van der Waals surface area contributed by atoms with E-state index < -0.39 is 18.5 Å². The second-order valence-electron chi connectivity index (χ2n) is 10.1. The molecule has 2 aliphatic carbocycles. The van der Waals surface area contributed by atoms with Crippen LogP contribution >= 0.6 is 0 Å². The fourth-order valence-electron chi connectivity index (χ4n) is 5.92. The lowest BCUT2D eigenvalue weighted by Gasteiger charge is -2.19. The van der Waals surface area contributed by atoms with E-state index in [1.54, 1.807) is 36.4 Å². The first-order valence-corrected chi connectivity index (χ1v) is 12.8. The van der Waals surface area contributed by atoms with Crippen LogP contribution in [0.25, 0.3) is 0 Å². The lowest BCUT2D eigenvalue weighted by Crippen LogP contribution is -2.33. The number of carbonyl (C=O) groups excluding carboxylic acids is 4. The molecular weight excluding hydrogens is 496 g/mol. The van der Waals surface area contributed by atoms with E-state index in [0.717, 1.165) is 6.42 Å². The Labute approximate surface area is 225 Å². The monoisotopic (exact) mass is 522 g/mol. The lowest BCUT2D eigenvalue weighted by molar-refractivity contribution is -0.123. The molecule has 6 rings (SSSR count). The van der Waals surface area contributed by atoms with Crippen molar-refractivity contribution in [3.8, 4) is 11.5 Å². The predicted molar refractivity (Wildman–Crippen MR) is 143 cm³/mol. The minimum Gasteiger partial charge on any atom is -0.457 e. The first-order valence-electron chi connectivity index (χ1n) is 12.8. The van der Waals surface area contributed by atoms with E-state index in [0.29, 0.717) is 22.9 Å². The topological polar surface area (TPSA) is 102 Å². The predicted octanol–water partition coefficient (Wildman–Crippen LogP) is 4.98. The van der Waals surface area contributed by atoms with Gasteiger partial charge in [0.2, 0.25) is 11.8 Å². The number of esters is 1. The number of nitrogens with one attached hydrogen (secondary N) is 1. The Balaban J connectivity index is 1.02. The molecule has 4 atom stereocenters. The fourth-order valence-corrected chi connectivity index (χ4v) is 5.92. The molecule has 196 valence electrons. The summed E-state index contributed by atoms with van der Waals surface area (Å²) >= 11 is 0. The smallest absolute Gasteiger partial charge is 0.338 e. The van der Waals surface area contributed by atoms with Crippen molar-refractivity contribution in [2.24, 2.45) is 23.7 Å². The summed E-state index contributed by atoms with van der Waals surface area (Å²) in [7, 11) is 0. The number of benzene rings is 3. The summed E-state index contributed by atoms with van der Waals surface area (Å²) in [5.74, 6) is -0.505. The van der Waals surface area contributed by atoms with Gasteiger partial charge < -0.3 is 14.8 Å². The minimum absolute atomic E-state index is 0.127. The molecule has 8 heteroatoms. The van der Waals surface area contributed by atoms with Crippen molar-refractivity contribution >= 4 is 35.1 Å². The maximum absolute atomic E-state index is 13.1. The number of para-hydroxylation sites is 1. The molecular formula is C31H26N2O6. The second kappa shape index (κ2) is 9.87. The molecule has 1 aliphatic heterocycles. The van der Waals surface area contributed by atoms with Gasteiger partial charge >= 0.3 is 5.97 Å². The maximum Gasteiger partial charge on any atom is 0.338 e. The highest BCUT2D eigenvalue weighted by molar-refractivity contribution is 6.23. The molecule has 2 fully saturated rings. The van der Waals surface area contributed by atoms with Crippen LogP contribution in [0.1, 0.15) is 23.7 Å². The minimum atomic E-state index is -0.683. The molecule has 8 nitrogen and oxygen atoms in total. The summed E-state index contributed by atoms with van der Waals surface area (Å²) in [6.07, 6.45) is 3.00. The SMILES string of the molecule is CC1=C[C@H]2C[C@H]1[C@@H]1C(=O)N(c3ccc(C(=O)OCC(=O)Nc4ccc(Oc5ccccc5)cc4)cc3)C(=O)[C@H]12. The van der Waals surface area contributed by atoms with Gasteiger partial charge in [-0.3, -0.25) is 19.3 Å². The summed E-state index contributed by atoms with van der Waals surface area (Å²) in [4.78, 5) is 52.2. The van der Waals surface area contributed by atoms with Crippen molar-refractivity contribution in [1.29, 1.82) is 0 Å². The molecule has 1 heterocycles. The zero-order chi connectivity index (χ0) is 27.1. The van der Waals surface area contributed by atoms with Crippen LogP contribution < -0.4 is 15.0 Å². The Hall–Kier alpha value is -4.72. The number of carbonyl (C=O) groups is 4. The highest BCUT2D eigenvalue weighted by Gasteiger charge is 2.60. The number of hydrogen-bond acceptors (Lipinski definition) is 6. The molecule has 2 bridgehead atoms. The number of nitrogens with zero attached hydrogens (tertiary/aromatic N) is 1. The summed E-state index contributed by atoms with van der Waals surface area (Å²) in [5, 5.41) is 2.67. The third-order valence-corrected chi connectivity index (χ3v) is 7.69. The van der Waals surface area contributed by atoms with Crippen LogP contribution in [-0.2, 0) is 19.1 Å². The van der Waals surface area contributed by atoms with E-state index in [1.807, 2.05) is 37.3 Å². The molecule has 1 saturated heterocycles. The summed E-state index contributed by atoms with van der Waals surface area (Å²) < 4.78 is 10.9. The molecule has 0 unspecified atom stereocenters. The van der Waals surface area contributed by atoms with E-state index in [9.17, 15) is 19.2 Å². The van der Waals surface area contributed by atoms with Gasteiger partial charge in [-0.05, 0) is 85.8 Å². The van der Waals surface area contributed by atoms with Gasteiger partial charge in [-0.1, -0.05) is 29.8 Å². The number of rotatable bonds is 7. The number of amides is 3. The van der Waals surface area contributed by atoms with Gasteiger partial charge in [-0.25, -0.2) is 4.79 Å². The Morgan fingerprint density at radius 2 is 1.54 bits per heavy atom.